The van der Waals surface area contributed by atoms with E-state index in [1.54, 1.807) is 0 Å². The third kappa shape index (κ3) is 4.25. The van der Waals surface area contributed by atoms with Crippen molar-refractivity contribution in [3.05, 3.63) is 0 Å². The van der Waals surface area contributed by atoms with E-state index in [1.165, 1.54) is 0 Å². The van der Waals surface area contributed by atoms with E-state index in [0.717, 1.165) is 0 Å². The van der Waals surface area contributed by atoms with Gasteiger partial charge in [-0.1, -0.05) is 0 Å². The van der Waals surface area contributed by atoms with Gasteiger partial charge in [0.25, 0.3) is 0 Å². The van der Waals surface area contributed by atoms with E-state index in [9.17, 15) is 4.79 Å². The predicted octanol–water partition coefficient (Wildman–Crippen LogP) is 1.38. The number of hydrogen-bond donors (Lipinski definition) is 0. The first-order valence-corrected chi connectivity index (χ1v) is 2.43. The molecule has 0 fully saturated rings. The summed E-state index contributed by atoms with van der Waals surface area (Å²) in [7, 11) is 0. The maximum absolute atomic E-state index is 9.72. The van der Waals surface area contributed by atoms with Crippen molar-refractivity contribution in [2.24, 2.45) is 0 Å². The van der Waals surface area contributed by atoms with Crippen molar-refractivity contribution >= 4 is 28.4 Å². The van der Waals surface area contributed by atoms with E-state index in [1.807, 2.05) is 0 Å². The minimum absolute atomic E-state index is 0.267. The first-order chi connectivity index (χ1) is 2.77. The summed E-state index contributed by atoms with van der Waals surface area (Å²) in [6, 6.07) is 0. The van der Waals surface area contributed by atoms with E-state index in [0.29, 0.717) is 5.88 Å². The summed E-state index contributed by atoms with van der Waals surface area (Å²) in [5.74, 6) is 0.322. The second-order valence-electron chi connectivity index (χ2n) is 0.794. The quantitative estimate of drug-likeness (QED) is 0.406. The molecule has 0 radical (unpaired) electrons. The molecular formula is C3H4Cl2O. The van der Waals surface area contributed by atoms with Crippen molar-refractivity contribution < 1.29 is 4.79 Å². The average molecular weight is 129 g/mol. The SMILES string of the molecule is O=C(Cl)C[14CH2]Cl. The minimum Gasteiger partial charge on any atom is -0.281 e. The van der Waals surface area contributed by atoms with Crippen LogP contribution < -0.4 is 0 Å². The minimum atomic E-state index is -0.370. The van der Waals surface area contributed by atoms with Crippen LogP contribution in [0.3, 0.4) is 0 Å². The van der Waals surface area contributed by atoms with Crippen molar-refractivity contribution in [1.29, 1.82) is 0 Å². The number of alkyl halides is 1. The molecule has 3 heteroatoms. The molecule has 1 nitrogen and oxygen atoms in total. The molecule has 0 saturated carbocycles. The van der Waals surface area contributed by atoms with Crippen LogP contribution in [0.1, 0.15) is 6.42 Å². The Morgan fingerprint density at radius 3 is 2.33 bits per heavy atom. The fourth-order valence-corrected chi connectivity index (χ4v) is 0.437. The van der Waals surface area contributed by atoms with Gasteiger partial charge in [0, 0.05) is 12.3 Å². The second kappa shape index (κ2) is 3.44. The van der Waals surface area contributed by atoms with Crippen LogP contribution in [0.25, 0.3) is 0 Å². The third-order valence-electron chi connectivity index (χ3n) is 0.291. The number of halogens is 2. The lowest BCUT2D eigenvalue weighted by Crippen LogP contribution is -1.83. The lowest BCUT2D eigenvalue weighted by molar-refractivity contribution is -0.111. The Morgan fingerprint density at radius 2 is 2.33 bits per heavy atom. The normalized spacial score (nSPS) is 8.33. The van der Waals surface area contributed by atoms with Gasteiger partial charge in [0.15, 0.2) is 0 Å². The van der Waals surface area contributed by atoms with E-state index < -0.39 is 0 Å². The van der Waals surface area contributed by atoms with Gasteiger partial charge in [0.2, 0.25) is 5.24 Å². The summed E-state index contributed by atoms with van der Waals surface area (Å²) in [4.78, 5) is 9.72. The molecule has 6 heavy (non-hydrogen) atoms. The standard InChI is InChI=1S/C3H4Cl2O/c4-2-1-3(5)6/h1-2H2/i2+2. The van der Waals surface area contributed by atoms with Crippen LogP contribution in [-0.4, -0.2) is 11.1 Å². The molecule has 0 rings (SSSR count). The van der Waals surface area contributed by atoms with E-state index in [4.69, 9.17) is 23.2 Å². The zero-order valence-electron chi connectivity index (χ0n) is 3.08. The summed E-state index contributed by atoms with van der Waals surface area (Å²) in [6.07, 6.45) is 0.267. The van der Waals surface area contributed by atoms with Crippen molar-refractivity contribution in [2.75, 3.05) is 5.88 Å². The van der Waals surface area contributed by atoms with Gasteiger partial charge >= 0.3 is 0 Å². The highest BCUT2D eigenvalue weighted by Gasteiger charge is 1.88. The van der Waals surface area contributed by atoms with Gasteiger partial charge in [-0.05, 0) is 11.6 Å². The summed E-state index contributed by atoms with van der Waals surface area (Å²) >= 11 is 9.95. The first kappa shape index (κ1) is 6.25. The molecule has 0 atom stereocenters. The fraction of sp³-hybridized carbons (Fsp3) is 0.667. The van der Waals surface area contributed by atoms with Crippen molar-refractivity contribution in [3.8, 4) is 0 Å². The van der Waals surface area contributed by atoms with Gasteiger partial charge < -0.3 is 0 Å². The van der Waals surface area contributed by atoms with Crippen LogP contribution in [0, 0.1) is 0 Å². The van der Waals surface area contributed by atoms with Crippen LogP contribution in [0.2, 0.25) is 0 Å². The Morgan fingerprint density at radius 1 is 1.83 bits per heavy atom. The van der Waals surface area contributed by atoms with Crippen LogP contribution in [0.15, 0.2) is 0 Å². The zero-order chi connectivity index (χ0) is 4.99. The van der Waals surface area contributed by atoms with Crippen LogP contribution in [-0.2, 0) is 4.79 Å². The lowest BCUT2D eigenvalue weighted by Gasteiger charge is -1.76. The van der Waals surface area contributed by atoms with Crippen molar-refractivity contribution in [1.82, 2.24) is 0 Å². The van der Waals surface area contributed by atoms with Gasteiger partial charge in [-0.15, -0.1) is 11.6 Å². The molecule has 0 spiro atoms. The van der Waals surface area contributed by atoms with Crippen LogP contribution in [0.5, 0.6) is 0 Å². The fourth-order valence-electron chi connectivity index (χ4n) is 0.0743. The first-order valence-electron chi connectivity index (χ1n) is 1.51. The summed E-state index contributed by atoms with van der Waals surface area (Å²) in [6.45, 7) is 0. The molecule has 0 aromatic carbocycles. The second-order valence-corrected chi connectivity index (χ2v) is 1.59. The largest absolute Gasteiger partial charge is 0.281 e. The summed E-state index contributed by atoms with van der Waals surface area (Å²) in [5, 5.41) is -0.370. The predicted molar refractivity (Wildman–Crippen MR) is 26.2 cm³/mol. The van der Waals surface area contributed by atoms with E-state index in [-0.39, 0.29) is 11.7 Å². The molecule has 0 aromatic heterocycles. The van der Waals surface area contributed by atoms with Crippen LogP contribution >= 0.6 is 23.2 Å². The van der Waals surface area contributed by atoms with E-state index >= 15 is 0 Å². The van der Waals surface area contributed by atoms with Gasteiger partial charge in [-0.3, -0.25) is 4.79 Å². The average Bonchev–Trinajstić information content (AvgIpc) is 1.35. The number of carbonyl (C=O) groups is 1. The molecule has 0 saturated heterocycles. The maximum Gasteiger partial charge on any atom is 0.222 e. The van der Waals surface area contributed by atoms with Crippen LogP contribution in [0.4, 0.5) is 0 Å². The zero-order valence-corrected chi connectivity index (χ0v) is 4.59. The maximum atomic E-state index is 9.72. The topological polar surface area (TPSA) is 17.1 Å². The molecule has 0 amide bonds. The van der Waals surface area contributed by atoms with Crippen molar-refractivity contribution in [2.45, 2.75) is 6.42 Å². The Balaban J connectivity index is 2.83. The highest BCUT2D eigenvalue weighted by Crippen LogP contribution is 1.88. The molecule has 0 heterocycles. The molecule has 0 aliphatic rings. The smallest absolute Gasteiger partial charge is 0.222 e. The van der Waals surface area contributed by atoms with Crippen molar-refractivity contribution in [3.63, 3.8) is 0 Å². The lowest BCUT2D eigenvalue weighted by atomic mass is 10.8. The van der Waals surface area contributed by atoms with Gasteiger partial charge in [-0.2, -0.15) is 0 Å². The highest BCUT2D eigenvalue weighted by molar-refractivity contribution is 6.63. The molecule has 0 aliphatic heterocycles. The highest BCUT2D eigenvalue weighted by atomic mass is 35.5. The molecule has 0 unspecified atom stereocenters. The van der Waals surface area contributed by atoms with Gasteiger partial charge in [0.1, 0.15) is 0 Å². The summed E-state index contributed by atoms with van der Waals surface area (Å²) < 4.78 is 0. The van der Waals surface area contributed by atoms with E-state index in [2.05, 4.69) is 0 Å². The Bertz CT molecular complexity index is 52.8. The molecule has 0 aliphatic carbocycles. The summed E-state index contributed by atoms with van der Waals surface area (Å²) in [5.41, 5.74) is 0. The molecule has 0 bridgehead atoms. The molecule has 36 valence electrons. The Labute approximate surface area is 46.2 Å². The van der Waals surface area contributed by atoms with Gasteiger partial charge in [-0.25, -0.2) is 0 Å². The number of rotatable bonds is 2. The Kier molecular flexibility index (Phi) is 3.58. The number of hydrogen-bond acceptors (Lipinski definition) is 1. The van der Waals surface area contributed by atoms with Gasteiger partial charge in [0.05, 0.1) is 0 Å². The molecule has 0 N–H and O–H groups in total. The number of carbonyl (C=O) groups excluding carboxylic acids is 1. The molecular weight excluding hydrogens is 125 g/mol. The molecule has 0 aromatic rings. The third-order valence-corrected chi connectivity index (χ3v) is 0.669. The monoisotopic (exact) mass is 128 g/mol. The Hall–Kier alpha value is 0.250.